The summed E-state index contributed by atoms with van der Waals surface area (Å²) in [5, 5.41) is 15.0. The summed E-state index contributed by atoms with van der Waals surface area (Å²) < 4.78 is 26.8. The van der Waals surface area contributed by atoms with Gasteiger partial charge < -0.3 is 10.2 Å². The number of nitro benzene ring substituents is 1. The Hall–Kier alpha value is -3.67. The van der Waals surface area contributed by atoms with Gasteiger partial charge in [-0.3, -0.25) is 24.0 Å². The third-order valence-electron chi connectivity index (χ3n) is 6.81. The van der Waals surface area contributed by atoms with E-state index < -0.39 is 39.3 Å². The van der Waals surface area contributed by atoms with Crippen LogP contribution in [0.25, 0.3) is 0 Å². The molecule has 10 nitrogen and oxygen atoms in total. The molecule has 13 heteroatoms. The largest absolute Gasteiger partial charge is 0.354 e. The van der Waals surface area contributed by atoms with Crippen LogP contribution in [0.3, 0.4) is 0 Å². The molecule has 0 saturated carbocycles. The molecule has 1 N–H and O–H groups in total. The predicted molar refractivity (Wildman–Crippen MR) is 169 cm³/mol. The summed E-state index contributed by atoms with van der Waals surface area (Å²) in [5.74, 6) is -1.11. The topological polar surface area (TPSA) is 130 Å². The number of hydrogen-bond acceptors (Lipinski definition) is 6. The highest BCUT2D eigenvalue weighted by Gasteiger charge is 2.34. The Morgan fingerprint density at radius 3 is 2.35 bits per heavy atom. The van der Waals surface area contributed by atoms with Crippen molar-refractivity contribution in [3.8, 4) is 0 Å². The van der Waals surface area contributed by atoms with Gasteiger partial charge in [-0.2, -0.15) is 0 Å². The van der Waals surface area contributed by atoms with E-state index in [2.05, 4.69) is 5.32 Å². The molecule has 0 fully saturated rings. The van der Waals surface area contributed by atoms with Gasteiger partial charge in [-0.1, -0.05) is 79.0 Å². The van der Waals surface area contributed by atoms with Crippen molar-refractivity contribution < 1.29 is 22.9 Å². The van der Waals surface area contributed by atoms with E-state index in [1.807, 2.05) is 37.3 Å². The lowest BCUT2D eigenvalue weighted by Gasteiger charge is -2.34. The number of rotatable bonds is 14. The van der Waals surface area contributed by atoms with Crippen molar-refractivity contribution in [1.82, 2.24) is 10.2 Å². The van der Waals surface area contributed by atoms with E-state index >= 15 is 0 Å². The normalized spacial score (nSPS) is 11.9. The van der Waals surface area contributed by atoms with Gasteiger partial charge in [-0.25, -0.2) is 8.42 Å². The lowest BCUT2D eigenvalue weighted by Crippen LogP contribution is -2.53. The molecule has 1 unspecified atom stereocenters. The lowest BCUT2D eigenvalue weighted by atomic mass is 10.0. The van der Waals surface area contributed by atoms with E-state index in [9.17, 15) is 28.1 Å². The monoisotopic (exact) mass is 648 g/mol. The van der Waals surface area contributed by atoms with Crippen LogP contribution >= 0.6 is 23.2 Å². The van der Waals surface area contributed by atoms with Crippen molar-refractivity contribution in [3.05, 3.63) is 104 Å². The van der Waals surface area contributed by atoms with Crippen LogP contribution in [0, 0.1) is 17.0 Å². The molecule has 0 aliphatic rings. The van der Waals surface area contributed by atoms with E-state index in [4.69, 9.17) is 23.2 Å². The Bertz CT molecular complexity index is 1570. The standard InChI is InChI=1S/C30H34Cl2N4O6S/c1-4-5-15-33-30(38)28(16-22-9-7-6-8-10-22)34(19-23-12-13-24(31)17-26(23)32)29(37)20-35(43(3,41)42)27-18-25(36(39)40)14-11-21(27)2/h6-14,17-18,28H,4-5,15-16,19-20H2,1-3H3,(H,33,38). The molecule has 2 amide bonds. The quantitative estimate of drug-likeness (QED) is 0.139. The molecule has 0 bridgehead atoms. The van der Waals surface area contributed by atoms with Crippen molar-refractivity contribution in [2.75, 3.05) is 23.7 Å². The van der Waals surface area contributed by atoms with Gasteiger partial charge >= 0.3 is 0 Å². The van der Waals surface area contributed by atoms with Gasteiger partial charge in [0.25, 0.3) is 5.69 Å². The second-order valence-corrected chi connectivity index (χ2v) is 12.9. The summed E-state index contributed by atoms with van der Waals surface area (Å²) in [7, 11) is -4.10. The number of unbranched alkanes of at least 4 members (excludes halogenated alkanes) is 1. The number of anilines is 1. The number of carbonyl (C=O) groups excluding carboxylic acids is 2. The number of benzene rings is 3. The number of aryl methyl sites for hydroxylation is 1. The lowest BCUT2D eigenvalue weighted by molar-refractivity contribution is -0.384. The minimum absolute atomic E-state index is 0.0125. The Balaban J connectivity index is 2.11. The number of nitrogens with one attached hydrogen (secondary N) is 1. The molecule has 230 valence electrons. The van der Waals surface area contributed by atoms with E-state index in [1.54, 1.807) is 19.1 Å². The average molecular weight is 650 g/mol. The third kappa shape index (κ3) is 9.41. The summed E-state index contributed by atoms with van der Waals surface area (Å²) in [5.41, 5.74) is 1.35. The highest BCUT2D eigenvalue weighted by atomic mass is 35.5. The number of amides is 2. The second-order valence-electron chi connectivity index (χ2n) is 10.1. The van der Waals surface area contributed by atoms with E-state index in [1.165, 1.54) is 23.1 Å². The van der Waals surface area contributed by atoms with Crippen LogP contribution in [0.15, 0.2) is 66.7 Å². The first-order valence-electron chi connectivity index (χ1n) is 13.6. The predicted octanol–water partition coefficient (Wildman–Crippen LogP) is 5.53. The van der Waals surface area contributed by atoms with E-state index in [-0.39, 0.29) is 29.4 Å². The summed E-state index contributed by atoms with van der Waals surface area (Å²) in [6, 6.07) is 16.7. The van der Waals surface area contributed by atoms with Crippen LogP contribution in [0.1, 0.15) is 36.5 Å². The van der Waals surface area contributed by atoms with Crippen LogP contribution < -0.4 is 9.62 Å². The van der Waals surface area contributed by atoms with Crippen molar-refractivity contribution >= 4 is 56.4 Å². The molecular formula is C30H34Cl2N4O6S. The molecule has 3 aromatic carbocycles. The maximum absolute atomic E-state index is 14.2. The number of hydrogen-bond donors (Lipinski definition) is 1. The van der Waals surface area contributed by atoms with Crippen molar-refractivity contribution in [3.63, 3.8) is 0 Å². The van der Waals surface area contributed by atoms with Gasteiger partial charge in [0.1, 0.15) is 12.6 Å². The molecule has 0 aliphatic carbocycles. The zero-order valence-electron chi connectivity index (χ0n) is 24.1. The average Bonchev–Trinajstić information content (AvgIpc) is 2.95. The molecule has 0 aliphatic heterocycles. The van der Waals surface area contributed by atoms with Crippen molar-refractivity contribution in [2.45, 2.75) is 45.7 Å². The minimum Gasteiger partial charge on any atom is -0.354 e. The molecular weight excluding hydrogens is 615 g/mol. The van der Waals surface area contributed by atoms with Gasteiger partial charge in [0.15, 0.2) is 0 Å². The van der Waals surface area contributed by atoms with Gasteiger partial charge in [0.05, 0.1) is 16.9 Å². The number of carbonyl (C=O) groups is 2. The Morgan fingerprint density at radius 2 is 1.74 bits per heavy atom. The zero-order chi connectivity index (χ0) is 31.7. The molecule has 0 spiro atoms. The summed E-state index contributed by atoms with van der Waals surface area (Å²) in [6.45, 7) is 3.14. The second kappa shape index (κ2) is 15.2. The fourth-order valence-electron chi connectivity index (χ4n) is 4.47. The third-order valence-corrected chi connectivity index (χ3v) is 8.52. The van der Waals surface area contributed by atoms with Gasteiger partial charge in [-0.15, -0.1) is 0 Å². The molecule has 1 atom stereocenters. The van der Waals surface area contributed by atoms with Gasteiger partial charge in [0.2, 0.25) is 21.8 Å². The first-order valence-corrected chi connectivity index (χ1v) is 16.2. The van der Waals surface area contributed by atoms with Crippen molar-refractivity contribution in [1.29, 1.82) is 0 Å². The Morgan fingerprint density at radius 1 is 1.05 bits per heavy atom. The highest BCUT2D eigenvalue weighted by molar-refractivity contribution is 7.92. The smallest absolute Gasteiger partial charge is 0.271 e. The highest BCUT2D eigenvalue weighted by Crippen LogP contribution is 2.29. The molecule has 43 heavy (non-hydrogen) atoms. The summed E-state index contributed by atoms with van der Waals surface area (Å²) >= 11 is 12.6. The first-order chi connectivity index (χ1) is 20.3. The van der Waals surface area contributed by atoms with Gasteiger partial charge in [-0.05, 0) is 42.2 Å². The summed E-state index contributed by atoms with van der Waals surface area (Å²) in [6.07, 6.45) is 2.63. The Kier molecular flexibility index (Phi) is 11.9. The van der Waals surface area contributed by atoms with Gasteiger partial charge in [0, 0.05) is 41.7 Å². The maximum atomic E-state index is 14.2. The first kappa shape index (κ1) is 33.8. The molecule has 3 aromatic rings. The number of nitro groups is 1. The van der Waals surface area contributed by atoms with Crippen LogP contribution in [-0.4, -0.2) is 55.4 Å². The van der Waals surface area contributed by atoms with Crippen molar-refractivity contribution in [2.24, 2.45) is 0 Å². The number of nitrogens with zero attached hydrogens (tertiary/aromatic N) is 3. The Labute approximate surface area is 261 Å². The SMILES string of the molecule is CCCCNC(=O)C(Cc1ccccc1)N(Cc1ccc(Cl)cc1Cl)C(=O)CN(c1cc([N+](=O)[O-])ccc1C)S(C)(=O)=O. The zero-order valence-corrected chi connectivity index (χ0v) is 26.5. The minimum atomic E-state index is -4.10. The van der Waals surface area contributed by atoms with Crippen LogP contribution in [0.4, 0.5) is 11.4 Å². The molecule has 3 rings (SSSR count). The molecule has 0 saturated heterocycles. The summed E-state index contributed by atoms with van der Waals surface area (Å²) in [4.78, 5) is 40.0. The fourth-order valence-corrected chi connectivity index (χ4v) is 5.84. The fraction of sp³-hybridized carbons (Fsp3) is 0.333. The molecule has 0 heterocycles. The number of non-ortho nitro benzene ring substituents is 1. The van der Waals surface area contributed by atoms with Crippen LogP contribution in [0.2, 0.25) is 10.0 Å². The maximum Gasteiger partial charge on any atom is 0.271 e. The van der Waals surface area contributed by atoms with E-state index in [0.717, 1.165) is 35.0 Å². The van der Waals surface area contributed by atoms with Crippen LogP contribution in [-0.2, 0) is 32.6 Å². The number of sulfonamides is 1. The molecule has 0 aromatic heterocycles. The molecule has 0 radical (unpaired) electrons. The number of halogens is 2. The van der Waals surface area contributed by atoms with Crippen LogP contribution in [0.5, 0.6) is 0 Å². The van der Waals surface area contributed by atoms with E-state index in [0.29, 0.717) is 22.7 Å².